The summed E-state index contributed by atoms with van der Waals surface area (Å²) in [5, 5.41) is 13.3. The standard InChI is InChI=1S/C15H25NO3/c1-12(13-5-2-3-6-13)16-9-14(17)10-18-11-15-7-4-8-19-15/h4,7-8,12-14,16-17H,2-3,5-6,9-11H2,1H3/t12-,14?/m0/s1. The van der Waals surface area contributed by atoms with Gasteiger partial charge < -0.3 is 19.6 Å². The Morgan fingerprint density at radius 2 is 2.26 bits per heavy atom. The Balaban J connectivity index is 1.55. The lowest BCUT2D eigenvalue weighted by Gasteiger charge is -2.22. The molecular weight excluding hydrogens is 242 g/mol. The van der Waals surface area contributed by atoms with Crippen LogP contribution in [0.2, 0.25) is 0 Å². The topological polar surface area (TPSA) is 54.6 Å². The minimum absolute atomic E-state index is 0.338. The summed E-state index contributed by atoms with van der Waals surface area (Å²) in [6.45, 7) is 3.57. The Bertz CT molecular complexity index is 333. The molecule has 0 amide bonds. The maximum absolute atomic E-state index is 9.85. The molecule has 4 nitrogen and oxygen atoms in total. The molecule has 1 unspecified atom stereocenters. The van der Waals surface area contributed by atoms with Gasteiger partial charge in [-0.15, -0.1) is 0 Å². The largest absolute Gasteiger partial charge is 0.467 e. The molecule has 1 aliphatic carbocycles. The van der Waals surface area contributed by atoms with Gasteiger partial charge in [0.05, 0.1) is 19.0 Å². The highest BCUT2D eigenvalue weighted by Gasteiger charge is 2.21. The predicted molar refractivity (Wildman–Crippen MR) is 73.8 cm³/mol. The lowest BCUT2D eigenvalue weighted by atomic mass is 10.00. The van der Waals surface area contributed by atoms with Crippen molar-refractivity contribution in [3.05, 3.63) is 24.2 Å². The minimum atomic E-state index is -0.459. The van der Waals surface area contributed by atoms with E-state index < -0.39 is 6.10 Å². The van der Waals surface area contributed by atoms with Gasteiger partial charge in [0.25, 0.3) is 0 Å². The molecule has 1 fully saturated rings. The molecule has 2 atom stereocenters. The second kappa shape index (κ2) is 7.68. The second-order valence-electron chi connectivity index (χ2n) is 5.49. The average Bonchev–Trinajstić information content (AvgIpc) is 3.08. The fraction of sp³-hybridized carbons (Fsp3) is 0.733. The average molecular weight is 267 g/mol. The molecule has 1 saturated carbocycles. The lowest BCUT2D eigenvalue weighted by molar-refractivity contribution is 0.0210. The van der Waals surface area contributed by atoms with Crippen LogP contribution in [0.25, 0.3) is 0 Å². The highest BCUT2D eigenvalue weighted by molar-refractivity contribution is 4.96. The fourth-order valence-corrected chi connectivity index (χ4v) is 2.70. The van der Waals surface area contributed by atoms with Gasteiger partial charge in [-0.05, 0) is 37.8 Å². The molecular formula is C15H25NO3. The molecule has 1 heterocycles. The van der Waals surface area contributed by atoms with E-state index in [1.807, 2.05) is 12.1 Å². The SMILES string of the molecule is C[C@H](NCC(O)COCc1ccco1)C1CCCC1. The summed E-state index contributed by atoms with van der Waals surface area (Å²) in [5.74, 6) is 1.57. The first-order chi connectivity index (χ1) is 9.25. The zero-order valence-electron chi connectivity index (χ0n) is 11.7. The van der Waals surface area contributed by atoms with Crippen LogP contribution in [0.3, 0.4) is 0 Å². The fourth-order valence-electron chi connectivity index (χ4n) is 2.70. The van der Waals surface area contributed by atoms with E-state index in [0.29, 0.717) is 25.8 Å². The van der Waals surface area contributed by atoms with Crippen molar-refractivity contribution in [1.82, 2.24) is 5.32 Å². The first-order valence-electron chi connectivity index (χ1n) is 7.27. The van der Waals surface area contributed by atoms with Crippen molar-refractivity contribution < 1.29 is 14.3 Å². The van der Waals surface area contributed by atoms with Gasteiger partial charge in [0.15, 0.2) is 0 Å². The third-order valence-electron chi connectivity index (χ3n) is 3.92. The number of hydrogen-bond acceptors (Lipinski definition) is 4. The van der Waals surface area contributed by atoms with E-state index in [-0.39, 0.29) is 0 Å². The van der Waals surface area contributed by atoms with Crippen molar-refractivity contribution in [3.8, 4) is 0 Å². The molecule has 0 aromatic carbocycles. The van der Waals surface area contributed by atoms with E-state index in [2.05, 4.69) is 12.2 Å². The van der Waals surface area contributed by atoms with E-state index in [9.17, 15) is 5.11 Å². The zero-order chi connectivity index (χ0) is 13.5. The first kappa shape index (κ1) is 14.6. The number of hydrogen-bond donors (Lipinski definition) is 2. The van der Waals surface area contributed by atoms with Gasteiger partial charge in [-0.2, -0.15) is 0 Å². The number of ether oxygens (including phenoxy) is 1. The van der Waals surface area contributed by atoms with E-state index in [0.717, 1.165) is 11.7 Å². The van der Waals surface area contributed by atoms with Crippen LogP contribution >= 0.6 is 0 Å². The maximum atomic E-state index is 9.85. The molecule has 0 radical (unpaired) electrons. The summed E-state index contributed by atoms with van der Waals surface area (Å²) in [5.41, 5.74) is 0. The van der Waals surface area contributed by atoms with Crippen molar-refractivity contribution in [2.24, 2.45) is 5.92 Å². The Hall–Kier alpha value is -0.840. The number of aliphatic hydroxyl groups is 1. The number of nitrogens with one attached hydrogen (secondary N) is 1. The van der Waals surface area contributed by atoms with E-state index in [1.54, 1.807) is 6.26 Å². The monoisotopic (exact) mass is 267 g/mol. The van der Waals surface area contributed by atoms with Crippen LogP contribution in [-0.4, -0.2) is 30.4 Å². The highest BCUT2D eigenvalue weighted by Crippen LogP contribution is 2.27. The van der Waals surface area contributed by atoms with Crippen LogP contribution in [0, 0.1) is 5.92 Å². The highest BCUT2D eigenvalue weighted by atomic mass is 16.5. The maximum Gasteiger partial charge on any atom is 0.129 e. The first-order valence-corrected chi connectivity index (χ1v) is 7.27. The van der Waals surface area contributed by atoms with Gasteiger partial charge in [-0.1, -0.05) is 12.8 Å². The summed E-state index contributed by atoms with van der Waals surface area (Å²) in [7, 11) is 0. The van der Waals surface area contributed by atoms with E-state index in [4.69, 9.17) is 9.15 Å². The zero-order valence-corrected chi connectivity index (χ0v) is 11.7. The van der Waals surface area contributed by atoms with Crippen molar-refractivity contribution in [1.29, 1.82) is 0 Å². The van der Waals surface area contributed by atoms with Gasteiger partial charge in [-0.3, -0.25) is 0 Å². The molecule has 0 spiro atoms. The number of rotatable bonds is 8. The van der Waals surface area contributed by atoms with E-state index in [1.165, 1.54) is 25.7 Å². The Labute approximate surface area is 115 Å². The summed E-state index contributed by atoms with van der Waals surface area (Å²) < 4.78 is 10.6. The van der Waals surface area contributed by atoms with Crippen LogP contribution in [0.15, 0.2) is 22.8 Å². The Morgan fingerprint density at radius 3 is 2.95 bits per heavy atom. The van der Waals surface area contributed by atoms with Crippen LogP contribution < -0.4 is 5.32 Å². The second-order valence-corrected chi connectivity index (χ2v) is 5.49. The molecule has 0 saturated heterocycles. The molecule has 1 aromatic rings. The summed E-state index contributed by atoms with van der Waals surface area (Å²) in [6.07, 6.45) is 6.51. The van der Waals surface area contributed by atoms with Crippen LogP contribution in [0.1, 0.15) is 38.4 Å². The quantitative estimate of drug-likeness (QED) is 0.759. The summed E-state index contributed by atoms with van der Waals surface area (Å²) in [4.78, 5) is 0. The Morgan fingerprint density at radius 1 is 1.47 bits per heavy atom. The van der Waals surface area contributed by atoms with Gasteiger partial charge in [0, 0.05) is 12.6 Å². The lowest BCUT2D eigenvalue weighted by Crippen LogP contribution is -2.39. The summed E-state index contributed by atoms with van der Waals surface area (Å²) >= 11 is 0. The third kappa shape index (κ3) is 4.97. The van der Waals surface area contributed by atoms with Crippen LogP contribution in [0.4, 0.5) is 0 Å². The normalized spacial score (nSPS) is 19.7. The molecule has 0 aliphatic heterocycles. The van der Waals surface area contributed by atoms with Crippen molar-refractivity contribution in [3.63, 3.8) is 0 Å². The van der Waals surface area contributed by atoms with Gasteiger partial charge in [0.1, 0.15) is 12.4 Å². The predicted octanol–water partition coefficient (Wildman–Crippen LogP) is 2.33. The van der Waals surface area contributed by atoms with Gasteiger partial charge >= 0.3 is 0 Å². The van der Waals surface area contributed by atoms with Gasteiger partial charge in [0.2, 0.25) is 0 Å². The van der Waals surface area contributed by atoms with Crippen molar-refractivity contribution in [2.45, 2.75) is 51.4 Å². The molecule has 4 heteroatoms. The van der Waals surface area contributed by atoms with Gasteiger partial charge in [-0.25, -0.2) is 0 Å². The molecule has 2 N–H and O–H groups in total. The Kier molecular flexibility index (Phi) is 5.89. The molecule has 1 aromatic heterocycles. The molecule has 19 heavy (non-hydrogen) atoms. The minimum Gasteiger partial charge on any atom is -0.467 e. The van der Waals surface area contributed by atoms with Crippen LogP contribution in [0.5, 0.6) is 0 Å². The molecule has 2 rings (SSSR count). The summed E-state index contributed by atoms with van der Waals surface area (Å²) in [6, 6.07) is 4.19. The smallest absolute Gasteiger partial charge is 0.129 e. The van der Waals surface area contributed by atoms with Crippen molar-refractivity contribution >= 4 is 0 Å². The molecule has 108 valence electrons. The number of aliphatic hydroxyl groups excluding tert-OH is 1. The van der Waals surface area contributed by atoms with Crippen LogP contribution in [-0.2, 0) is 11.3 Å². The van der Waals surface area contributed by atoms with E-state index >= 15 is 0 Å². The third-order valence-corrected chi connectivity index (χ3v) is 3.92. The number of furan rings is 1. The molecule has 1 aliphatic rings. The molecule has 0 bridgehead atoms. The van der Waals surface area contributed by atoms with Crippen molar-refractivity contribution in [2.75, 3.05) is 13.2 Å².